The van der Waals surface area contributed by atoms with Crippen LogP contribution in [0.2, 0.25) is 5.15 Å². The summed E-state index contributed by atoms with van der Waals surface area (Å²) in [5, 5.41) is 0.594. The lowest BCUT2D eigenvalue weighted by molar-refractivity contribution is 0.643. The van der Waals surface area contributed by atoms with Gasteiger partial charge in [0.2, 0.25) is 0 Å². The molecule has 0 aliphatic carbocycles. The Morgan fingerprint density at radius 1 is 1.50 bits per heavy atom. The monoisotopic (exact) mass is 184 g/mol. The van der Waals surface area contributed by atoms with Crippen molar-refractivity contribution in [2.75, 3.05) is 0 Å². The van der Waals surface area contributed by atoms with E-state index in [-0.39, 0.29) is 0 Å². The molecule has 0 aliphatic rings. The van der Waals surface area contributed by atoms with Gasteiger partial charge >= 0.3 is 0 Å². The van der Waals surface area contributed by atoms with Crippen molar-refractivity contribution in [2.45, 2.75) is 27.2 Å². The number of hydrogen-bond acceptors (Lipinski definition) is 2. The van der Waals surface area contributed by atoms with Crippen molar-refractivity contribution in [3.8, 4) is 0 Å². The smallest absolute Gasteiger partial charge is 0.135 e. The first-order valence-electron chi connectivity index (χ1n) is 4.07. The molecule has 1 rings (SSSR count). The molecule has 0 N–H and O–H groups in total. The molecule has 3 heteroatoms. The van der Waals surface area contributed by atoms with E-state index in [4.69, 9.17) is 11.6 Å². The van der Waals surface area contributed by atoms with E-state index in [0.29, 0.717) is 11.1 Å². The summed E-state index contributed by atoms with van der Waals surface area (Å²) in [6.45, 7) is 6.14. The van der Waals surface area contributed by atoms with Crippen LogP contribution < -0.4 is 0 Å². The molecule has 0 fully saturated rings. The van der Waals surface area contributed by atoms with Crippen molar-refractivity contribution >= 4 is 11.6 Å². The summed E-state index contributed by atoms with van der Waals surface area (Å²) in [5.41, 5.74) is 1.04. The van der Waals surface area contributed by atoms with Crippen molar-refractivity contribution in [2.24, 2.45) is 5.92 Å². The third-order valence-electron chi connectivity index (χ3n) is 1.56. The Hall–Kier alpha value is -0.630. The summed E-state index contributed by atoms with van der Waals surface area (Å²) >= 11 is 5.92. The van der Waals surface area contributed by atoms with Gasteiger partial charge in [0.1, 0.15) is 11.0 Å². The van der Waals surface area contributed by atoms with E-state index in [9.17, 15) is 0 Å². The maximum atomic E-state index is 5.92. The van der Waals surface area contributed by atoms with Crippen molar-refractivity contribution in [3.05, 3.63) is 22.7 Å². The number of rotatable bonds is 2. The fraction of sp³-hybridized carbons (Fsp3) is 0.556. The molecule has 2 nitrogen and oxygen atoms in total. The standard InChI is InChI=1S/C9H13ClN2/c1-6(2)4-8-5-11-7(3)12-9(8)10/h5-6H,4H2,1-3H3. The van der Waals surface area contributed by atoms with Crippen LogP contribution in [0.15, 0.2) is 6.20 Å². The Balaban J connectivity index is 2.86. The topological polar surface area (TPSA) is 25.8 Å². The van der Waals surface area contributed by atoms with Crippen LogP contribution in [0, 0.1) is 12.8 Å². The summed E-state index contributed by atoms with van der Waals surface area (Å²) in [4.78, 5) is 8.18. The van der Waals surface area contributed by atoms with Crippen LogP contribution >= 0.6 is 11.6 Å². The van der Waals surface area contributed by atoms with Gasteiger partial charge in [-0.05, 0) is 19.3 Å². The molecule has 0 atom stereocenters. The van der Waals surface area contributed by atoms with Gasteiger partial charge in [-0.25, -0.2) is 9.97 Å². The van der Waals surface area contributed by atoms with Gasteiger partial charge in [-0.1, -0.05) is 25.4 Å². The highest BCUT2D eigenvalue weighted by molar-refractivity contribution is 6.30. The highest BCUT2D eigenvalue weighted by Gasteiger charge is 2.04. The van der Waals surface area contributed by atoms with Crippen molar-refractivity contribution in [1.82, 2.24) is 9.97 Å². The molecule has 0 aromatic carbocycles. The maximum absolute atomic E-state index is 5.92. The number of aromatic nitrogens is 2. The molecule has 66 valence electrons. The Kier molecular flexibility index (Phi) is 3.04. The van der Waals surface area contributed by atoms with E-state index in [1.807, 2.05) is 13.1 Å². The van der Waals surface area contributed by atoms with E-state index in [1.165, 1.54) is 0 Å². The number of halogens is 1. The predicted molar refractivity (Wildman–Crippen MR) is 50.3 cm³/mol. The molecule has 1 aromatic rings. The van der Waals surface area contributed by atoms with E-state index in [0.717, 1.165) is 17.8 Å². The predicted octanol–water partition coefficient (Wildman–Crippen LogP) is 2.64. The minimum absolute atomic E-state index is 0.591. The molecular formula is C9H13ClN2. The van der Waals surface area contributed by atoms with Crippen LogP contribution in [0.25, 0.3) is 0 Å². The Bertz CT molecular complexity index is 271. The quantitative estimate of drug-likeness (QED) is 0.661. The first kappa shape index (κ1) is 9.46. The van der Waals surface area contributed by atoms with E-state index in [2.05, 4.69) is 23.8 Å². The minimum atomic E-state index is 0.591. The zero-order valence-electron chi connectivity index (χ0n) is 7.63. The lowest BCUT2D eigenvalue weighted by Gasteiger charge is -2.05. The molecular weight excluding hydrogens is 172 g/mol. The van der Waals surface area contributed by atoms with Crippen LogP contribution in [-0.4, -0.2) is 9.97 Å². The van der Waals surface area contributed by atoms with E-state index < -0.39 is 0 Å². The summed E-state index contributed by atoms with van der Waals surface area (Å²) in [5.74, 6) is 1.32. The minimum Gasteiger partial charge on any atom is -0.241 e. The number of nitrogens with zero attached hydrogens (tertiary/aromatic N) is 2. The third-order valence-corrected chi connectivity index (χ3v) is 1.89. The second kappa shape index (κ2) is 3.85. The second-order valence-electron chi connectivity index (χ2n) is 3.33. The van der Waals surface area contributed by atoms with Crippen molar-refractivity contribution in [1.29, 1.82) is 0 Å². The van der Waals surface area contributed by atoms with Crippen LogP contribution in [0.5, 0.6) is 0 Å². The number of hydrogen-bond donors (Lipinski definition) is 0. The van der Waals surface area contributed by atoms with E-state index >= 15 is 0 Å². The van der Waals surface area contributed by atoms with Gasteiger partial charge in [0.05, 0.1) is 0 Å². The largest absolute Gasteiger partial charge is 0.241 e. The van der Waals surface area contributed by atoms with Gasteiger partial charge in [-0.2, -0.15) is 0 Å². The first-order chi connectivity index (χ1) is 5.59. The van der Waals surface area contributed by atoms with Crippen molar-refractivity contribution < 1.29 is 0 Å². The Labute approximate surface area is 78.0 Å². The van der Waals surface area contributed by atoms with Crippen LogP contribution in [0.3, 0.4) is 0 Å². The third kappa shape index (κ3) is 2.45. The Morgan fingerprint density at radius 2 is 2.17 bits per heavy atom. The molecule has 0 radical (unpaired) electrons. The van der Waals surface area contributed by atoms with Gasteiger partial charge in [0, 0.05) is 11.8 Å². The van der Waals surface area contributed by atoms with Crippen molar-refractivity contribution in [3.63, 3.8) is 0 Å². The summed E-state index contributed by atoms with van der Waals surface area (Å²) in [6, 6.07) is 0. The molecule has 0 aliphatic heterocycles. The maximum Gasteiger partial charge on any atom is 0.135 e. The normalized spacial score (nSPS) is 10.8. The molecule has 0 bridgehead atoms. The van der Waals surface area contributed by atoms with Gasteiger partial charge in [-0.15, -0.1) is 0 Å². The van der Waals surface area contributed by atoms with E-state index in [1.54, 1.807) is 0 Å². The molecule has 0 spiro atoms. The molecule has 0 saturated carbocycles. The average Bonchev–Trinajstić information content (AvgIpc) is 1.94. The molecule has 0 saturated heterocycles. The molecule has 0 amide bonds. The Morgan fingerprint density at radius 3 is 2.67 bits per heavy atom. The molecule has 12 heavy (non-hydrogen) atoms. The lowest BCUT2D eigenvalue weighted by atomic mass is 10.1. The zero-order chi connectivity index (χ0) is 9.14. The fourth-order valence-electron chi connectivity index (χ4n) is 1.04. The van der Waals surface area contributed by atoms with Gasteiger partial charge < -0.3 is 0 Å². The van der Waals surface area contributed by atoms with Crippen LogP contribution in [0.1, 0.15) is 25.2 Å². The summed E-state index contributed by atoms with van der Waals surface area (Å²) < 4.78 is 0. The second-order valence-corrected chi connectivity index (χ2v) is 3.69. The lowest BCUT2D eigenvalue weighted by Crippen LogP contribution is -1.99. The fourth-order valence-corrected chi connectivity index (χ4v) is 1.29. The van der Waals surface area contributed by atoms with Gasteiger partial charge in [-0.3, -0.25) is 0 Å². The number of aryl methyl sites for hydroxylation is 1. The average molecular weight is 185 g/mol. The summed E-state index contributed by atoms with van der Waals surface area (Å²) in [7, 11) is 0. The van der Waals surface area contributed by atoms with Crippen LogP contribution in [-0.2, 0) is 6.42 Å². The summed E-state index contributed by atoms with van der Waals surface area (Å²) in [6.07, 6.45) is 2.75. The van der Waals surface area contributed by atoms with Gasteiger partial charge in [0.15, 0.2) is 0 Å². The van der Waals surface area contributed by atoms with Crippen LogP contribution in [0.4, 0.5) is 0 Å². The highest BCUT2D eigenvalue weighted by Crippen LogP contribution is 2.15. The first-order valence-corrected chi connectivity index (χ1v) is 4.45. The van der Waals surface area contributed by atoms with Gasteiger partial charge in [0.25, 0.3) is 0 Å². The SMILES string of the molecule is Cc1ncc(CC(C)C)c(Cl)n1. The zero-order valence-corrected chi connectivity index (χ0v) is 8.39. The molecule has 0 unspecified atom stereocenters. The molecule has 1 heterocycles. The highest BCUT2D eigenvalue weighted by atomic mass is 35.5. The molecule has 1 aromatic heterocycles.